The molecule has 0 unspecified atom stereocenters. The van der Waals surface area contributed by atoms with Crippen LogP contribution in [0.5, 0.6) is 0 Å². The Morgan fingerprint density at radius 3 is 3.00 bits per heavy atom. The first-order valence-corrected chi connectivity index (χ1v) is 6.10. The summed E-state index contributed by atoms with van der Waals surface area (Å²) in [7, 11) is 1.91. The molecule has 20 heavy (non-hydrogen) atoms. The van der Waals surface area contributed by atoms with Crippen LogP contribution in [0, 0.1) is 0 Å². The number of aromatic nitrogens is 4. The molecule has 7 heteroatoms. The molecule has 0 spiro atoms. The van der Waals surface area contributed by atoms with Crippen molar-refractivity contribution in [1.82, 2.24) is 19.3 Å². The van der Waals surface area contributed by atoms with Gasteiger partial charge in [-0.05, 0) is 6.07 Å². The molecule has 102 valence electrons. The van der Waals surface area contributed by atoms with Crippen LogP contribution < -0.4 is 5.73 Å². The zero-order valence-corrected chi connectivity index (χ0v) is 10.9. The highest BCUT2D eigenvalue weighted by molar-refractivity contribution is 5.93. The van der Waals surface area contributed by atoms with Crippen molar-refractivity contribution < 1.29 is 5.21 Å². The van der Waals surface area contributed by atoms with Crippen LogP contribution in [0.25, 0.3) is 10.9 Å². The lowest BCUT2D eigenvalue weighted by atomic mass is 10.2. The van der Waals surface area contributed by atoms with Gasteiger partial charge in [0.05, 0.1) is 17.8 Å². The van der Waals surface area contributed by atoms with E-state index in [1.54, 1.807) is 17.0 Å². The Morgan fingerprint density at radius 2 is 2.20 bits per heavy atom. The summed E-state index contributed by atoms with van der Waals surface area (Å²) in [5.41, 5.74) is 7.58. The van der Waals surface area contributed by atoms with E-state index >= 15 is 0 Å². The molecular weight excluding hydrogens is 256 g/mol. The number of benzene rings is 1. The maximum atomic E-state index is 8.76. The number of nitrogens with zero attached hydrogens (tertiary/aromatic N) is 5. The first-order chi connectivity index (χ1) is 9.70. The maximum Gasteiger partial charge on any atom is 0.206 e. The van der Waals surface area contributed by atoms with E-state index in [9.17, 15) is 0 Å². The molecule has 3 aromatic rings. The Bertz CT molecular complexity index is 785. The number of nitrogens with two attached hydrogens (primary N) is 1. The van der Waals surface area contributed by atoms with Gasteiger partial charge in [-0.3, -0.25) is 4.68 Å². The molecule has 2 aromatic heterocycles. The van der Waals surface area contributed by atoms with Gasteiger partial charge in [0.2, 0.25) is 5.84 Å². The number of oxime groups is 1. The molecule has 0 saturated heterocycles. The lowest BCUT2D eigenvalue weighted by molar-refractivity contribution is 0.318. The highest BCUT2D eigenvalue weighted by Gasteiger charge is 2.12. The number of aryl methyl sites for hydroxylation is 1. The molecule has 2 heterocycles. The molecule has 0 atom stereocenters. The van der Waals surface area contributed by atoms with Crippen molar-refractivity contribution in [3.8, 4) is 0 Å². The van der Waals surface area contributed by atoms with Crippen LogP contribution in [0.3, 0.4) is 0 Å². The number of rotatable bonds is 3. The lowest BCUT2D eigenvalue weighted by Crippen LogP contribution is -2.20. The number of imidazole rings is 1. The summed E-state index contributed by atoms with van der Waals surface area (Å²) < 4.78 is 3.63. The highest BCUT2D eigenvalue weighted by atomic mass is 16.4. The van der Waals surface area contributed by atoms with Crippen molar-refractivity contribution in [2.45, 2.75) is 6.54 Å². The minimum absolute atomic E-state index is 0.0183. The third-order valence-electron chi connectivity index (χ3n) is 3.21. The minimum Gasteiger partial charge on any atom is -0.409 e. The predicted molar refractivity (Wildman–Crippen MR) is 74.6 cm³/mol. The summed E-state index contributed by atoms with van der Waals surface area (Å²) in [5, 5.41) is 17.3. The van der Waals surface area contributed by atoms with Crippen molar-refractivity contribution in [2.24, 2.45) is 17.9 Å². The van der Waals surface area contributed by atoms with Crippen molar-refractivity contribution in [3.05, 3.63) is 48.2 Å². The number of para-hydroxylation sites is 1. The fraction of sp³-hybridized carbons (Fsp3) is 0.154. The smallest absolute Gasteiger partial charge is 0.206 e. The highest BCUT2D eigenvalue weighted by Crippen LogP contribution is 2.18. The fourth-order valence-electron chi connectivity index (χ4n) is 2.28. The second-order valence-corrected chi connectivity index (χ2v) is 4.45. The van der Waals surface area contributed by atoms with Crippen molar-refractivity contribution in [1.29, 1.82) is 0 Å². The Hall–Kier alpha value is -2.83. The molecule has 0 fully saturated rings. The van der Waals surface area contributed by atoms with Gasteiger partial charge in [0.15, 0.2) is 5.82 Å². The Kier molecular flexibility index (Phi) is 2.86. The molecular formula is C13H14N6O. The van der Waals surface area contributed by atoms with Crippen LogP contribution in [0.1, 0.15) is 11.5 Å². The van der Waals surface area contributed by atoms with E-state index in [1.807, 2.05) is 36.0 Å². The fourth-order valence-corrected chi connectivity index (χ4v) is 2.28. The number of amidine groups is 1. The molecule has 3 rings (SSSR count). The zero-order valence-electron chi connectivity index (χ0n) is 10.9. The Morgan fingerprint density at radius 1 is 1.40 bits per heavy atom. The second-order valence-electron chi connectivity index (χ2n) is 4.45. The van der Waals surface area contributed by atoms with Crippen LogP contribution in [-0.4, -0.2) is 30.4 Å². The number of fused-ring (bicyclic) bond motifs is 1. The third-order valence-corrected chi connectivity index (χ3v) is 3.21. The van der Waals surface area contributed by atoms with Gasteiger partial charge in [-0.1, -0.05) is 23.4 Å². The van der Waals surface area contributed by atoms with E-state index in [1.165, 1.54) is 0 Å². The standard InChI is InChI=1S/C13H14N6O/c1-18-11-5-3-2-4-9(11)10(16-18)8-19-7-6-15-13(19)12(14)17-20/h2-7,20H,8H2,1H3,(H2,14,17). The topological polar surface area (TPSA) is 94.2 Å². The molecule has 0 aliphatic rings. The first kappa shape index (κ1) is 12.2. The summed E-state index contributed by atoms with van der Waals surface area (Å²) in [6.45, 7) is 0.507. The minimum atomic E-state index is -0.0183. The predicted octanol–water partition coefficient (Wildman–Crippen LogP) is 0.913. The number of hydrogen-bond acceptors (Lipinski definition) is 4. The average molecular weight is 270 g/mol. The van der Waals surface area contributed by atoms with Gasteiger partial charge in [0.25, 0.3) is 0 Å². The maximum absolute atomic E-state index is 8.76. The lowest BCUT2D eigenvalue weighted by Gasteiger charge is -2.04. The van der Waals surface area contributed by atoms with Crippen LogP contribution in [0.4, 0.5) is 0 Å². The van der Waals surface area contributed by atoms with Crippen LogP contribution in [0.2, 0.25) is 0 Å². The van der Waals surface area contributed by atoms with Gasteiger partial charge < -0.3 is 15.5 Å². The van der Waals surface area contributed by atoms with Crippen LogP contribution >= 0.6 is 0 Å². The molecule has 0 aliphatic carbocycles. The van der Waals surface area contributed by atoms with Crippen LogP contribution in [-0.2, 0) is 13.6 Å². The van der Waals surface area contributed by atoms with E-state index in [2.05, 4.69) is 15.2 Å². The molecule has 0 bridgehead atoms. The second kappa shape index (κ2) is 4.69. The average Bonchev–Trinajstić information content (AvgIpc) is 3.05. The van der Waals surface area contributed by atoms with Crippen molar-refractivity contribution in [2.75, 3.05) is 0 Å². The molecule has 0 radical (unpaired) electrons. The van der Waals surface area contributed by atoms with Gasteiger partial charge >= 0.3 is 0 Å². The quantitative estimate of drug-likeness (QED) is 0.320. The molecule has 7 nitrogen and oxygen atoms in total. The van der Waals surface area contributed by atoms with Gasteiger partial charge in [-0.15, -0.1) is 0 Å². The Balaban J connectivity index is 2.04. The van der Waals surface area contributed by atoms with E-state index < -0.39 is 0 Å². The summed E-state index contributed by atoms with van der Waals surface area (Å²) in [5.74, 6) is 0.400. The van der Waals surface area contributed by atoms with Crippen molar-refractivity contribution in [3.63, 3.8) is 0 Å². The van der Waals surface area contributed by atoms with Crippen LogP contribution in [0.15, 0.2) is 41.8 Å². The normalized spacial score (nSPS) is 12.2. The largest absolute Gasteiger partial charge is 0.409 e. The summed E-state index contributed by atoms with van der Waals surface area (Å²) in [6, 6.07) is 8.00. The molecule has 1 aromatic carbocycles. The monoisotopic (exact) mass is 270 g/mol. The summed E-state index contributed by atoms with van der Waals surface area (Å²) >= 11 is 0. The molecule has 0 amide bonds. The van der Waals surface area contributed by atoms with E-state index in [-0.39, 0.29) is 5.84 Å². The Labute approximate surface area is 114 Å². The van der Waals surface area contributed by atoms with E-state index in [0.717, 1.165) is 16.6 Å². The van der Waals surface area contributed by atoms with Gasteiger partial charge in [-0.25, -0.2) is 4.98 Å². The number of hydrogen-bond donors (Lipinski definition) is 2. The van der Waals surface area contributed by atoms with Gasteiger partial charge in [0.1, 0.15) is 0 Å². The van der Waals surface area contributed by atoms with E-state index in [0.29, 0.717) is 12.4 Å². The zero-order chi connectivity index (χ0) is 14.1. The SMILES string of the molecule is Cn1nc(Cn2ccnc2/C(N)=N/O)c2ccccc21. The van der Waals surface area contributed by atoms with Gasteiger partial charge in [-0.2, -0.15) is 5.10 Å². The van der Waals surface area contributed by atoms with E-state index in [4.69, 9.17) is 10.9 Å². The van der Waals surface area contributed by atoms with Crippen molar-refractivity contribution >= 4 is 16.7 Å². The molecule has 0 aliphatic heterocycles. The molecule has 3 N–H and O–H groups in total. The first-order valence-electron chi connectivity index (χ1n) is 6.10. The third kappa shape index (κ3) is 1.89. The summed E-state index contributed by atoms with van der Waals surface area (Å²) in [6.07, 6.45) is 3.38. The summed E-state index contributed by atoms with van der Waals surface area (Å²) in [4.78, 5) is 4.08. The van der Waals surface area contributed by atoms with Gasteiger partial charge in [0, 0.05) is 24.8 Å². The molecule has 0 saturated carbocycles.